The van der Waals surface area contributed by atoms with Gasteiger partial charge in [-0.25, -0.2) is 0 Å². The molecule has 1 aromatic rings. The topological polar surface area (TPSA) is 79.9 Å². The van der Waals surface area contributed by atoms with Crippen LogP contribution in [0.15, 0.2) is 24.3 Å². The quantitative estimate of drug-likeness (QED) is 0.254. The zero-order valence-corrected chi connectivity index (χ0v) is 27.2. The molecule has 4 rings (SSSR count). The molecule has 2 unspecified atom stereocenters. The Morgan fingerprint density at radius 2 is 1.54 bits per heavy atom. The number of unbranched alkanes of at least 4 members (excludes halogenated alkanes) is 1. The first-order chi connectivity index (χ1) is 19.0. The Bertz CT molecular complexity index is 1060. The molecule has 2 amide bonds. The zero-order valence-electron chi connectivity index (χ0n) is 26.4. The van der Waals surface area contributed by atoms with Gasteiger partial charge in [-0.15, -0.1) is 0 Å². The summed E-state index contributed by atoms with van der Waals surface area (Å²) in [6.45, 7) is 16.7. The van der Waals surface area contributed by atoms with Crippen LogP contribution in [-0.2, 0) is 25.4 Å². The normalized spacial score (nSPS) is 27.0. The second-order valence-electron chi connectivity index (χ2n) is 14.6. The molecule has 0 aliphatic carbocycles. The maximum atomic E-state index is 14.2. The summed E-state index contributed by atoms with van der Waals surface area (Å²) in [5, 5.41) is 7.23. The van der Waals surface area contributed by atoms with Crippen LogP contribution >= 0.6 is 11.6 Å². The van der Waals surface area contributed by atoms with Gasteiger partial charge in [-0.1, -0.05) is 36.6 Å². The molecule has 9 heteroatoms. The van der Waals surface area contributed by atoms with Crippen molar-refractivity contribution >= 4 is 30.5 Å². The maximum Gasteiger partial charge on any atom is 0.457 e. The van der Waals surface area contributed by atoms with Crippen molar-refractivity contribution in [3.05, 3.63) is 34.9 Å². The predicted molar refractivity (Wildman–Crippen MR) is 166 cm³/mol. The van der Waals surface area contributed by atoms with Gasteiger partial charge in [0.25, 0.3) is 0 Å². The highest BCUT2D eigenvalue weighted by molar-refractivity contribution is 6.45. The average Bonchev–Trinajstić information content (AvgIpc) is 3.18. The number of hydrogen-bond acceptors (Lipinski definition) is 5. The molecule has 41 heavy (non-hydrogen) atoms. The molecule has 0 spiro atoms. The molecule has 3 aliphatic rings. The van der Waals surface area contributed by atoms with Crippen LogP contribution in [0.2, 0.25) is 11.3 Å². The minimum absolute atomic E-state index is 0.0598. The number of amides is 2. The lowest BCUT2D eigenvalue weighted by Gasteiger charge is -2.48. The number of carbonyl (C=O) groups is 2. The van der Waals surface area contributed by atoms with Crippen molar-refractivity contribution in [2.24, 2.45) is 5.92 Å². The highest BCUT2D eigenvalue weighted by Crippen LogP contribution is 2.45. The molecule has 0 saturated carbocycles. The molecule has 3 fully saturated rings. The van der Waals surface area contributed by atoms with E-state index in [-0.39, 0.29) is 36.1 Å². The second kappa shape index (κ2) is 12.2. The van der Waals surface area contributed by atoms with E-state index in [1.54, 1.807) is 0 Å². The van der Waals surface area contributed by atoms with E-state index in [9.17, 15) is 9.59 Å². The largest absolute Gasteiger partial charge is 0.457 e. The summed E-state index contributed by atoms with van der Waals surface area (Å²) in [6.07, 6.45) is 7.01. The lowest BCUT2D eigenvalue weighted by atomic mass is 9.70. The average molecular weight is 588 g/mol. The number of carbonyl (C=O) groups excluding carboxylic acids is 2. The lowest BCUT2D eigenvalue weighted by molar-refractivity contribution is -0.138. The van der Waals surface area contributed by atoms with Crippen LogP contribution in [0.4, 0.5) is 0 Å². The Morgan fingerprint density at radius 3 is 2.05 bits per heavy atom. The lowest BCUT2D eigenvalue weighted by Crippen LogP contribution is -2.67. The minimum atomic E-state index is -0.956. The molecule has 2 N–H and O–H groups in total. The van der Waals surface area contributed by atoms with Crippen molar-refractivity contribution in [1.29, 1.82) is 0 Å². The molecule has 3 heterocycles. The third-order valence-electron chi connectivity index (χ3n) is 9.72. The first-order valence-corrected chi connectivity index (χ1v) is 15.9. The standard InChI is InChI=1S/C32H51BClN3O4/c1-22(38)35-32(28(39)36-29(2,3)4,17-9-10-18-33-40-30(5,6)31(7,8)41-33)24-19-26-15-16-27(20-24)37(26)21-23-11-13-25(34)14-12-23/h11-14,24,26-27H,9-10,15-21H2,1-8H3,(H,35,38)(H,36,39)/t24?,26-,27+,32?. The van der Waals surface area contributed by atoms with Crippen molar-refractivity contribution in [3.8, 4) is 0 Å². The van der Waals surface area contributed by atoms with Crippen LogP contribution in [-0.4, -0.2) is 58.2 Å². The van der Waals surface area contributed by atoms with Crippen LogP contribution in [0.3, 0.4) is 0 Å². The van der Waals surface area contributed by atoms with E-state index in [0.717, 1.165) is 56.4 Å². The molecule has 3 saturated heterocycles. The fraction of sp³-hybridized carbons (Fsp3) is 0.750. The molecule has 3 aliphatic heterocycles. The van der Waals surface area contributed by atoms with Crippen molar-refractivity contribution in [2.75, 3.05) is 0 Å². The first-order valence-electron chi connectivity index (χ1n) is 15.5. The molecule has 0 radical (unpaired) electrons. The maximum absolute atomic E-state index is 14.2. The summed E-state index contributed by atoms with van der Waals surface area (Å²) in [5.74, 6) is -0.160. The van der Waals surface area contributed by atoms with Gasteiger partial charge in [0.05, 0.1) is 11.2 Å². The van der Waals surface area contributed by atoms with Crippen molar-refractivity contribution in [2.45, 2.75) is 148 Å². The first kappa shape index (κ1) is 32.3. The molecule has 1 aromatic carbocycles. The number of nitrogens with zero attached hydrogens (tertiary/aromatic N) is 1. The molecule has 2 bridgehead atoms. The van der Waals surface area contributed by atoms with Crippen LogP contribution in [0.5, 0.6) is 0 Å². The summed E-state index contributed by atoms with van der Waals surface area (Å²) in [7, 11) is -0.259. The van der Waals surface area contributed by atoms with Gasteiger partial charge >= 0.3 is 7.12 Å². The molecule has 7 nitrogen and oxygen atoms in total. The zero-order chi connectivity index (χ0) is 30.2. The molecule has 228 valence electrons. The number of halogens is 1. The van der Waals surface area contributed by atoms with Crippen LogP contribution in [0.1, 0.15) is 106 Å². The van der Waals surface area contributed by atoms with E-state index >= 15 is 0 Å². The molecular formula is C32H51BClN3O4. The summed E-state index contributed by atoms with van der Waals surface area (Å²) in [4.78, 5) is 29.5. The van der Waals surface area contributed by atoms with Crippen molar-refractivity contribution in [1.82, 2.24) is 15.5 Å². The predicted octanol–water partition coefficient (Wildman–Crippen LogP) is 6.14. The summed E-state index contributed by atoms with van der Waals surface area (Å²) >= 11 is 6.12. The van der Waals surface area contributed by atoms with E-state index < -0.39 is 11.1 Å². The SMILES string of the molecule is CC(=O)NC(CCCCB1OC(C)(C)C(C)(C)O1)(C(=O)NC(C)(C)C)C1C[C@H]2CC[C@@H](C1)N2Cc1ccc(Cl)cc1. The Kier molecular flexibility index (Phi) is 9.60. The van der Waals surface area contributed by atoms with E-state index in [4.69, 9.17) is 20.9 Å². The van der Waals surface area contributed by atoms with Gasteiger partial charge in [0, 0.05) is 36.1 Å². The van der Waals surface area contributed by atoms with Crippen LogP contribution in [0, 0.1) is 5.92 Å². The van der Waals surface area contributed by atoms with Crippen LogP contribution in [0.25, 0.3) is 0 Å². The number of piperidine rings is 1. The second-order valence-corrected chi connectivity index (χ2v) is 15.1. The molecular weight excluding hydrogens is 537 g/mol. The summed E-state index contributed by atoms with van der Waals surface area (Å²) < 4.78 is 12.4. The third-order valence-corrected chi connectivity index (χ3v) is 9.97. The van der Waals surface area contributed by atoms with Crippen molar-refractivity contribution in [3.63, 3.8) is 0 Å². The van der Waals surface area contributed by atoms with Crippen molar-refractivity contribution < 1.29 is 18.9 Å². The fourth-order valence-corrected chi connectivity index (χ4v) is 7.15. The fourth-order valence-electron chi connectivity index (χ4n) is 7.02. The molecule has 0 aromatic heterocycles. The number of fused-ring (bicyclic) bond motifs is 2. The van der Waals surface area contributed by atoms with Gasteiger partial charge in [0.1, 0.15) is 5.54 Å². The Balaban J connectivity index is 1.50. The Hall–Kier alpha value is -1.61. The van der Waals surface area contributed by atoms with Gasteiger partial charge < -0.3 is 19.9 Å². The molecule has 4 atom stereocenters. The minimum Gasteiger partial charge on any atom is -0.403 e. The number of hydrogen-bond donors (Lipinski definition) is 2. The Labute approximate surface area is 253 Å². The van der Waals surface area contributed by atoms with Crippen LogP contribution < -0.4 is 10.6 Å². The highest BCUT2D eigenvalue weighted by atomic mass is 35.5. The highest BCUT2D eigenvalue weighted by Gasteiger charge is 2.53. The number of nitrogens with one attached hydrogen (secondary N) is 2. The Morgan fingerprint density at radius 1 is 0.976 bits per heavy atom. The summed E-state index contributed by atoms with van der Waals surface area (Å²) in [5.41, 5.74) is -0.821. The van der Waals surface area contributed by atoms with Gasteiger partial charge in [0.2, 0.25) is 11.8 Å². The third kappa shape index (κ3) is 7.49. The van der Waals surface area contributed by atoms with E-state index in [1.165, 1.54) is 12.5 Å². The number of rotatable bonds is 10. The number of benzene rings is 1. The van der Waals surface area contributed by atoms with E-state index in [1.807, 2.05) is 32.9 Å². The van der Waals surface area contributed by atoms with Gasteiger partial charge in [0.15, 0.2) is 0 Å². The smallest absolute Gasteiger partial charge is 0.403 e. The van der Waals surface area contributed by atoms with Gasteiger partial charge in [-0.05, 0) is 111 Å². The monoisotopic (exact) mass is 587 g/mol. The van der Waals surface area contributed by atoms with E-state index in [0.29, 0.717) is 18.5 Å². The van der Waals surface area contributed by atoms with Gasteiger partial charge in [-0.3, -0.25) is 14.5 Å². The van der Waals surface area contributed by atoms with E-state index in [2.05, 4.69) is 55.4 Å². The summed E-state index contributed by atoms with van der Waals surface area (Å²) in [6, 6.07) is 8.88. The van der Waals surface area contributed by atoms with Gasteiger partial charge in [-0.2, -0.15) is 0 Å².